The number of rotatable bonds is 4. The van der Waals surface area contributed by atoms with Crippen molar-refractivity contribution in [3.8, 4) is 0 Å². The second-order valence-corrected chi connectivity index (χ2v) is 4.02. The van der Waals surface area contributed by atoms with Gasteiger partial charge in [-0.3, -0.25) is 4.79 Å². The minimum atomic E-state index is -0.156. The molecule has 0 aliphatic carbocycles. The van der Waals surface area contributed by atoms with Crippen LogP contribution in [-0.4, -0.2) is 12.6 Å². The predicted octanol–water partition coefficient (Wildman–Crippen LogP) is 2.38. The fourth-order valence-corrected chi connectivity index (χ4v) is 1.73. The number of cyclic esters (lactones) is 1. The lowest BCUT2D eigenvalue weighted by Gasteiger charge is -2.37. The summed E-state index contributed by atoms with van der Waals surface area (Å²) in [4.78, 5) is 11.1. The number of ether oxygens (including phenoxy) is 1. The molecule has 1 unspecified atom stereocenters. The Morgan fingerprint density at radius 3 is 2.33 bits per heavy atom. The first-order valence-electron chi connectivity index (χ1n) is 4.79. The van der Waals surface area contributed by atoms with Crippen molar-refractivity contribution in [2.75, 3.05) is 6.61 Å². The number of carbonyl (C=O) groups is 1. The van der Waals surface area contributed by atoms with E-state index in [-0.39, 0.29) is 11.4 Å². The molecule has 12 heavy (non-hydrogen) atoms. The van der Waals surface area contributed by atoms with E-state index in [1.807, 2.05) is 6.92 Å². The molecule has 1 aliphatic heterocycles. The molecule has 0 radical (unpaired) electrons. The Bertz CT molecular complexity index is 173. The van der Waals surface area contributed by atoms with Crippen LogP contribution in [0.5, 0.6) is 0 Å². The zero-order chi connectivity index (χ0) is 9.19. The molecule has 0 aromatic carbocycles. The zero-order valence-electron chi connectivity index (χ0n) is 8.22. The van der Waals surface area contributed by atoms with Crippen LogP contribution >= 0.6 is 0 Å². The summed E-state index contributed by atoms with van der Waals surface area (Å²) in [5.74, 6) is 0.678. The van der Waals surface area contributed by atoms with E-state index in [1.54, 1.807) is 0 Å². The second-order valence-electron chi connectivity index (χ2n) is 4.02. The molecule has 1 fully saturated rings. The molecule has 1 heterocycles. The summed E-state index contributed by atoms with van der Waals surface area (Å²) >= 11 is 0. The smallest absolute Gasteiger partial charge is 0.315 e. The van der Waals surface area contributed by atoms with Crippen LogP contribution in [0.4, 0.5) is 0 Å². The maximum atomic E-state index is 11.1. The Kier molecular flexibility index (Phi) is 2.76. The van der Waals surface area contributed by atoms with Crippen LogP contribution in [-0.2, 0) is 9.53 Å². The summed E-state index contributed by atoms with van der Waals surface area (Å²) in [6.45, 7) is 7.00. The molecule has 2 nitrogen and oxygen atoms in total. The largest absolute Gasteiger partial charge is 0.464 e. The summed E-state index contributed by atoms with van der Waals surface area (Å²) in [5, 5.41) is 0. The van der Waals surface area contributed by atoms with Gasteiger partial charge in [0, 0.05) is 0 Å². The Morgan fingerprint density at radius 1 is 1.50 bits per heavy atom. The molecule has 0 aromatic heterocycles. The SMILES string of the molecule is CCC(CC)CC1(C)COC1=O. The Hall–Kier alpha value is -0.530. The summed E-state index contributed by atoms with van der Waals surface area (Å²) in [6, 6.07) is 0. The number of carbonyl (C=O) groups excluding carboxylic acids is 1. The zero-order valence-corrected chi connectivity index (χ0v) is 8.22. The van der Waals surface area contributed by atoms with Gasteiger partial charge >= 0.3 is 5.97 Å². The lowest BCUT2D eigenvalue weighted by atomic mass is 9.77. The van der Waals surface area contributed by atoms with E-state index >= 15 is 0 Å². The maximum Gasteiger partial charge on any atom is 0.315 e. The van der Waals surface area contributed by atoms with Gasteiger partial charge in [-0.25, -0.2) is 0 Å². The molecule has 2 heteroatoms. The van der Waals surface area contributed by atoms with E-state index in [0.29, 0.717) is 12.5 Å². The summed E-state index contributed by atoms with van der Waals surface area (Å²) in [6.07, 6.45) is 3.33. The highest BCUT2D eigenvalue weighted by Gasteiger charge is 2.45. The molecule has 0 aromatic rings. The lowest BCUT2D eigenvalue weighted by Crippen LogP contribution is -2.46. The number of hydrogen-bond acceptors (Lipinski definition) is 2. The second kappa shape index (κ2) is 3.46. The molecule has 1 atom stereocenters. The first kappa shape index (κ1) is 9.56. The van der Waals surface area contributed by atoms with Crippen LogP contribution in [0.2, 0.25) is 0 Å². The first-order chi connectivity index (χ1) is 5.62. The average molecular weight is 170 g/mol. The number of esters is 1. The fraction of sp³-hybridized carbons (Fsp3) is 0.900. The quantitative estimate of drug-likeness (QED) is 0.605. The van der Waals surface area contributed by atoms with Gasteiger partial charge in [0.15, 0.2) is 0 Å². The highest BCUT2D eigenvalue weighted by atomic mass is 16.6. The third kappa shape index (κ3) is 1.62. The van der Waals surface area contributed by atoms with Crippen molar-refractivity contribution in [1.82, 2.24) is 0 Å². The summed E-state index contributed by atoms with van der Waals surface area (Å²) in [7, 11) is 0. The van der Waals surface area contributed by atoms with Gasteiger partial charge in [-0.15, -0.1) is 0 Å². The van der Waals surface area contributed by atoms with Gasteiger partial charge in [0.2, 0.25) is 0 Å². The van der Waals surface area contributed by atoms with Crippen molar-refractivity contribution in [3.63, 3.8) is 0 Å². The fourth-order valence-electron chi connectivity index (χ4n) is 1.73. The van der Waals surface area contributed by atoms with Crippen LogP contribution in [0.15, 0.2) is 0 Å². The van der Waals surface area contributed by atoms with Crippen LogP contribution in [0.25, 0.3) is 0 Å². The van der Waals surface area contributed by atoms with Crippen molar-refractivity contribution in [1.29, 1.82) is 0 Å². The third-order valence-corrected chi connectivity index (χ3v) is 2.91. The third-order valence-electron chi connectivity index (χ3n) is 2.91. The van der Waals surface area contributed by atoms with Crippen molar-refractivity contribution < 1.29 is 9.53 Å². The van der Waals surface area contributed by atoms with Gasteiger partial charge in [-0.1, -0.05) is 26.7 Å². The van der Waals surface area contributed by atoms with E-state index in [1.165, 1.54) is 12.8 Å². The minimum Gasteiger partial charge on any atom is -0.464 e. The Labute approximate surface area is 74.3 Å². The van der Waals surface area contributed by atoms with Crippen molar-refractivity contribution in [3.05, 3.63) is 0 Å². The van der Waals surface area contributed by atoms with Crippen molar-refractivity contribution >= 4 is 5.97 Å². The molecule has 1 aliphatic rings. The van der Waals surface area contributed by atoms with Crippen molar-refractivity contribution in [2.45, 2.75) is 40.0 Å². The average Bonchev–Trinajstić information content (AvgIpc) is 2.11. The van der Waals surface area contributed by atoms with Gasteiger partial charge in [-0.2, -0.15) is 0 Å². The van der Waals surface area contributed by atoms with Gasteiger partial charge in [-0.05, 0) is 19.3 Å². The number of hydrogen-bond donors (Lipinski definition) is 0. The van der Waals surface area contributed by atoms with E-state index in [9.17, 15) is 4.79 Å². The highest BCUT2D eigenvalue weighted by molar-refractivity contribution is 5.81. The van der Waals surface area contributed by atoms with Gasteiger partial charge in [0.1, 0.15) is 6.61 Å². The molecule has 0 bridgehead atoms. The van der Waals surface area contributed by atoms with Crippen LogP contribution in [0.1, 0.15) is 40.0 Å². The van der Waals surface area contributed by atoms with Crippen molar-refractivity contribution in [2.24, 2.45) is 11.3 Å². The Balaban J connectivity index is 2.43. The van der Waals surface area contributed by atoms with Gasteiger partial charge < -0.3 is 4.74 Å². The van der Waals surface area contributed by atoms with Gasteiger partial charge in [0.05, 0.1) is 5.41 Å². The monoisotopic (exact) mass is 170 g/mol. The van der Waals surface area contributed by atoms with Crippen LogP contribution in [0, 0.1) is 11.3 Å². The topological polar surface area (TPSA) is 26.3 Å². The maximum absolute atomic E-state index is 11.1. The molecule has 1 saturated heterocycles. The van der Waals surface area contributed by atoms with Crippen LogP contribution in [0.3, 0.4) is 0 Å². The molecule has 0 spiro atoms. The molecule has 0 amide bonds. The van der Waals surface area contributed by atoms with Crippen LogP contribution < -0.4 is 0 Å². The lowest BCUT2D eigenvalue weighted by molar-refractivity contribution is -0.185. The molecule has 1 rings (SSSR count). The molecule has 0 saturated carbocycles. The van der Waals surface area contributed by atoms with E-state index in [4.69, 9.17) is 4.74 Å². The molecular weight excluding hydrogens is 152 g/mol. The Morgan fingerprint density at radius 2 is 2.08 bits per heavy atom. The molecule has 0 N–H and O–H groups in total. The predicted molar refractivity (Wildman–Crippen MR) is 47.8 cm³/mol. The molecular formula is C10H18O2. The standard InChI is InChI=1S/C10H18O2/c1-4-8(5-2)6-10(3)7-12-9(10)11/h8H,4-7H2,1-3H3. The summed E-state index contributed by atoms with van der Waals surface area (Å²) in [5.41, 5.74) is -0.156. The van der Waals surface area contributed by atoms with Gasteiger partial charge in [0.25, 0.3) is 0 Å². The molecule has 70 valence electrons. The normalized spacial score (nSPS) is 28.5. The van der Waals surface area contributed by atoms with E-state index < -0.39 is 0 Å². The first-order valence-corrected chi connectivity index (χ1v) is 4.79. The minimum absolute atomic E-state index is 0.00519. The highest BCUT2D eigenvalue weighted by Crippen LogP contribution is 2.37. The van der Waals surface area contributed by atoms with E-state index in [0.717, 1.165) is 6.42 Å². The van der Waals surface area contributed by atoms with E-state index in [2.05, 4.69) is 13.8 Å². The summed E-state index contributed by atoms with van der Waals surface area (Å²) < 4.78 is 4.80.